The molecule has 186 valence electrons. The van der Waals surface area contributed by atoms with Crippen molar-refractivity contribution in [2.45, 2.75) is 5.41 Å². The van der Waals surface area contributed by atoms with Crippen molar-refractivity contribution in [2.75, 3.05) is 11.9 Å². The highest BCUT2D eigenvalue weighted by Gasteiger charge is 2.46. The van der Waals surface area contributed by atoms with Crippen LogP contribution in [0.1, 0.15) is 22.3 Å². The molecular formula is C38H29N. The first-order valence-electron chi connectivity index (χ1n) is 13.5. The molecule has 0 saturated heterocycles. The summed E-state index contributed by atoms with van der Waals surface area (Å²) >= 11 is 0. The molecule has 0 atom stereocenters. The maximum atomic E-state index is 2.40. The van der Waals surface area contributed by atoms with Gasteiger partial charge in [-0.3, -0.25) is 0 Å². The molecule has 6 aromatic carbocycles. The summed E-state index contributed by atoms with van der Waals surface area (Å²) in [4.78, 5) is 2.29. The quantitative estimate of drug-likeness (QED) is 0.228. The monoisotopic (exact) mass is 499 g/mol. The molecule has 0 bridgehead atoms. The Kier molecular flexibility index (Phi) is 5.64. The van der Waals surface area contributed by atoms with E-state index in [0.717, 1.165) is 5.69 Å². The molecule has 39 heavy (non-hydrogen) atoms. The normalized spacial score (nSPS) is 12.9. The van der Waals surface area contributed by atoms with Crippen LogP contribution in [0.4, 0.5) is 11.4 Å². The molecule has 1 heteroatoms. The van der Waals surface area contributed by atoms with E-state index in [1.165, 1.54) is 50.2 Å². The minimum atomic E-state index is -0.386. The molecule has 6 aromatic rings. The summed E-state index contributed by atoms with van der Waals surface area (Å²) in [6.45, 7) is 0. The minimum absolute atomic E-state index is 0.386. The molecule has 0 N–H and O–H groups in total. The van der Waals surface area contributed by atoms with Gasteiger partial charge in [-0.1, -0.05) is 133 Å². The third kappa shape index (κ3) is 3.70. The average Bonchev–Trinajstić information content (AvgIpc) is 3.32. The lowest BCUT2D eigenvalue weighted by Gasteiger charge is -2.34. The van der Waals surface area contributed by atoms with Crippen LogP contribution >= 0.6 is 0 Å². The second-order valence-electron chi connectivity index (χ2n) is 10.2. The summed E-state index contributed by atoms with van der Waals surface area (Å²) < 4.78 is 0. The van der Waals surface area contributed by atoms with Gasteiger partial charge >= 0.3 is 0 Å². The van der Waals surface area contributed by atoms with Crippen LogP contribution in [-0.4, -0.2) is 7.05 Å². The van der Waals surface area contributed by atoms with Gasteiger partial charge in [-0.15, -0.1) is 0 Å². The summed E-state index contributed by atoms with van der Waals surface area (Å²) in [5.41, 5.74) is 12.3. The fraction of sp³-hybridized carbons (Fsp3) is 0.0526. The lowest BCUT2D eigenvalue weighted by Crippen LogP contribution is -2.28. The average molecular weight is 500 g/mol. The van der Waals surface area contributed by atoms with E-state index in [9.17, 15) is 0 Å². The van der Waals surface area contributed by atoms with Crippen molar-refractivity contribution in [1.29, 1.82) is 0 Å². The van der Waals surface area contributed by atoms with E-state index < -0.39 is 0 Å². The maximum absolute atomic E-state index is 2.40. The fourth-order valence-electron chi connectivity index (χ4n) is 6.30. The van der Waals surface area contributed by atoms with Gasteiger partial charge in [0.25, 0.3) is 0 Å². The van der Waals surface area contributed by atoms with Crippen molar-refractivity contribution >= 4 is 11.4 Å². The standard InChI is InChI=1S/C38H29N/c1-39(32-23-21-29(22-24-32)28-13-5-2-6-14-28)33-25-26-35-34-19-11-12-20-36(34)38(37(35)27-33,30-15-7-3-8-16-30)31-17-9-4-10-18-31/h2-27H,1H3. The van der Waals surface area contributed by atoms with Gasteiger partial charge in [0, 0.05) is 18.4 Å². The van der Waals surface area contributed by atoms with Gasteiger partial charge < -0.3 is 4.90 Å². The molecule has 0 aliphatic heterocycles. The lowest BCUT2D eigenvalue weighted by molar-refractivity contribution is 0.768. The summed E-state index contributed by atoms with van der Waals surface area (Å²) in [5.74, 6) is 0. The van der Waals surface area contributed by atoms with Gasteiger partial charge in [0.1, 0.15) is 0 Å². The zero-order chi connectivity index (χ0) is 26.2. The summed E-state index contributed by atoms with van der Waals surface area (Å²) in [6, 6.07) is 57.2. The first kappa shape index (κ1) is 23.3. The highest BCUT2D eigenvalue weighted by atomic mass is 15.1. The van der Waals surface area contributed by atoms with Gasteiger partial charge in [0.05, 0.1) is 5.41 Å². The Morgan fingerprint density at radius 2 is 0.897 bits per heavy atom. The first-order valence-corrected chi connectivity index (χ1v) is 13.5. The van der Waals surface area contributed by atoms with Crippen LogP contribution < -0.4 is 4.90 Å². The molecule has 0 spiro atoms. The van der Waals surface area contributed by atoms with Gasteiger partial charge in [-0.25, -0.2) is 0 Å². The molecule has 1 aliphatic rings. The number of anilines is 2. The van der Waals surface area contributed by atoms with E-state index in [1.54, 1.807) is 0 Å². The topological polar surface area (TPSA) is 3.24 Å². The Bertz CT molecular complexity index is 1700. The molecule has 0 heterocycles. The Morgan fingerprint density at radius 3 is 1.54 bits per heavy atom. The second kappa shape index (κ2) is 9.45. The fourth-order valence-corrected chi connectivity index (χ4v) is 6.30. The van der Waals surface area contributed by atoms with Gasteiger partial charge in [0.2, 0.25) is 0 Å². The molecule has 0 radical (unpaired) electrons. The van der Waals surface area contributed by atoms with E-state index >= 15 is 0 Å². The molecule has 7 rings (SSSR count). The lowest BCUT2D eigenvalue weighted by atomic mass is 9.67. The smallest absolute Gasteiger partial charge is 0.0714 e. The molecule has 0 fully saturated rings. The zero-order valence-corrected chi connectivity index (χ0v) is 22.0. The Balaban J connectivity index is 1.39. The number of benzene rings is 6. The number of hydrogen-bond acceptors (Lipinski definition) is 1. The molecule has 1 nitrogen and oxygen atoms in total. The number of hydrogen-bond donors (Lipinski definition) is 0. The third-order valence-corrected chi connectivity index (χ3v) is 8.19. The van der Waals surface area contributed by atoms with Crippen LogP contribution in [0.2, 0.25) is 0 Å². The van der Waals surface area contributed by atoms with Crippen molar-refractivity contribution in [3.8, 4) is 22.3 Å². The Hall–Kier alpha value is -4.88. The van der Waals surface area contributed by atoms with Gasteiger partial charge in [-0.2, -0.15) is 0 Å². The third-order valence-electron chi connectivity index (χ3n) is 8.19. The second-order valence-corrected chi connectivity index (χ2v) is 10.2. The van der Waals surface area contributed by atoms with E-state index in [4.69, 9.17) is 0 Å². The summed E-state index contributed by atoms with van der Waals surface area (Å²) in [5, 5.41) is 0. The molecule has 0 unspecified atom stereocenters. The van der Waals surface area contributed by atoms with Crippen LogP contribution in [0.15, 0.2) is 158 Å². The predicted octanol–water partition coefficient (Wildman–Crippen LogP) is 9.48. The van der Waals surface area contributed by atoms with E-state index in [0.29, 0.717) is 0 Å². The van der Waals surface area contributed by atoms with Crippen LogP contribution in [0.3, 0.4) is 0 Å². The Morgan fingerprint density at radius 1 is 0.410 bits per heavy atom. The van der Waals surface area contributed by atoms with E-state index in [1.807, 2.05) is 0 Å². The van der Waals surface area contributed by atoms with Gasteiger partial charge in [0.15, 0.2) is 0 Å². The van der Waals surface area contributed by atoms with Crippen molar-refractivity contribution in [1.82, 2.24) is 0 Å². The van der Waals surface area contributed by atoms with E-state index in [-0.39, 0.29) is 5.41 Å². The first-order chi connectivity index (χ1) is 19.3. The van der Waals surface area contributed by atoms with Crippen molar-refractivity contribution in [2.24, 2.45) is 0 Å². The number of rotatable bonds is 5. The number of nitrogens with zero attached hydrogens (tertiary/aromatic N) is 1. The van der Waals surface area contributed by atoms with Crippen molar-refractivity contribution in [3.05, 3.63) is 180 Å². The summed E-state index contributed by atoms with van der Waals surface area (Å²) in [6.07, 6.45) is 0. The SMILES string of the molecule is CN(c1ccc(-c2ccccc2)cc1)c1ccc2c(c1)C(c1ccccc1)(c1ccccc1)c1ccccc1-2. The van der Waals surface area contributed by atoms with Crippen molar-refractivity contribution < 1.29 is 0 Å². The predicted molar refractivity (Wildman–Crippen MR) is 164 cm³/mol. The van der Waals surface area contributed by atoms with Gasteiger partial charge in [-0.05, 0) is 68.8 Å². The van der Waals surface area contributed by atoms with Crippen LogP contribution in [-0.2, 0) is 5.41 Å². The molecule has 0 amide bonds. The van der Waals surface area contributed by atoms with E-state index in [2.05, 4.69) is 170 Å². The Labute approximate surface area is 230 Å². The largest absolute Gasteiger partial charge is 0.345 e. The minimum Gasteiger partial charge on any atom is -0.345 e. The molecule has 0 saturated carbocycles. The highest BCUT2D eigenvalue weighted by Crippen LogP contribution is 2.56. The highest BCUT2D eigenvalue weighted by molar-refractivity contribution is 5.88. The van der Waals surface area contributed by atoms with Crippen LogP contribution in [0.25, 0.3) is 22.3 Å². The van der Waals surface area contributed by atoms with Crippen molar-refractivity contribution in [3.63, 3.8) is 0 Å². The summed E-state index contributed by atoms with van der Waals surface area (Å²) in [7, 11) is 2.16. The molecular weight excluding hydrogens is 470 g/mol. The number of fused-ring (bicyclic) bond motifs is 3. The maximum Gasteiger partial charge on any atom is 0.0714 e. The molecule has 1 aliphatic carbocycles. The molecule has 0 aromatic heterocycles. The van der Waals surface area contributed by atoms with Crippen LogP contribution in [0, 0.1) is 0 Å². The van der Waals surface area contributed by atoms with Crippen LogP contribution in [0.5, 0.6) is 0 Å². The zero-order valence-electron chi connectivity index (χ0n) is 22.0.